The van der Waals surface area contributed by atoms with Crippen molar-refractivity contribution in [2.24, 2.45) is 0 Å². The van der Waals surface area contributed by atoms with Crippen molar-refractivity contribution in [3.8, 4) is 0 Å². The lowest BCUT2D eigenvalue weighted by atomic mass is 9.84. The Morgan fingerprint density at radius 3 is 2.67 bits per heavy atom. The number of hydrogen-bond acceptors (Lipinski definition) is 4. The molecule has 0 spiro atoms. The molecule has 0 atom stereocenters. The number of hydrogen-bond donors (Lipinski definition) is 2. The summed E-state index contributed by atoms with van der Waals surface area (Å²) in [4.78, 5) is 4.25. The molecule has 1 fully saturated rings. The zero-order chi connectivity index (χ0) is 10.7. The Morgan fingerprint density at radius 2 is 2.13 bits per heavy atom. The van der Waals surface area contributed by atoms with Gasteiger partial charge in [-0.15, -0.1) is 0 Å². The quantitative estimate of drug-likeness (QED) is 0.785. The zero-order valence-electron chi connectivity index (χ0n) is 8.99. The highest BCUT2D eigenvalue weighted by Crippen LogP contribution is 2.38. The van der Waals surface area contributed by atoms with E-state index in [2.05, 4.69) is 15.2 Å². The molecule has 0 radical (unpaired) electrons. The second-order valence-electron chi connectivity index (χ2n) is 4.02. The van der Waals surface area contributed by atoms with E-state index in [4.69, 9.17) is 9.84 Å². The first-order valence-corrected chi connectivity index (χ1v) is 5.38. The van der Waals surface area contributed by atoms with Crippen LogP contribution in [0.15, 0.2) is 0 Å². The van der Waals surface area contributed by atoms with Gasteiger partial charge >= 0.3 is 0 Å². The van der Waals surface area contributed by atoms with E-state index in [0.29, 0.717) is 11.6 Å². The number of rotatable bonds is 3. The summed E-state index contributed by atoms with van der Waals surface area (Å²) < 4.78 is 5.60. The lowest BCUT2D eigenvalue weighted by Crippen LogP contribution is -2.32. The van der Waals surface area contributed by atoms with Crippen LogP contribution in [0.25, 0.3) is 0 Å². The monoisotopic (exact) mass is 211 g/mol. The first-order valence-electron chi connectivity index (χ1n) is 5.38. The van der Waals surface area contributed by atoms with E-state index in [1.165, 1.54) is 6.42 Å². The summed E-state index contributed by atoms with van der Waals surface area (Å²) in [6, 6.07) is 0. The number of nitrogens with zero attached hydrogens (tertiary/aromatic N) is 2. The van der Waals surface area contributed by atoms with E-state index in [-0.39, 0.29) is 12.2 Å². The molecule has 84 valence electrons. The van der Waals surface area contributed by atoms with Crippen molar-refractivity contribution in [1.29, 1.82) is 0 Å². The second-order valence-corrected chi connectivity index (χ2v) is 4.02. The second kappa shape index (κ2) is 4.28. The van der Waals surface area contributed by atoms with E-state index >= 15 is 0 Å². The molecule has 2 rings (SSSR count). The third-order valence-corrected chi connectivity index (χ3v) is 3.14. The molecular formula is C10H17N3O2. The van der Waals surface area contributed by atoms with Crippen LogP contribution in [0, 0.1) is 0 Å². The molecule has 2 N–H and O–H groups in total. The van der Waals surface area contributed by atoms with E-state index < -0.39 is 0 Å². The summed E-state index contributed by atoms with van der Waals surface area (Å²) >= 11 is 0. The lowest BCUT2D eigenvalue weighted by Gasteiger charge is -2.33. The van der Waals surface area contributed by atoms with Crippen molar-refractivity contribution in [3.63, 3.8) is 0 Å². The predicted molar refractivity (Wildman–Crippen MR) is 54.1 cm³/mol. The average molecular weight is 211 g/mol. The lowest BCUT2D eigenvalue weighted by molar-refractivity contribution is -0.0513. The maximum absolute atomic E-state index is 8.93. The van der Waals surface area contributed by atoms with Gasteiger partial charge in [0.05, 0.1) is 0 Å². The minimum Gasteiger partial charge on any atom is -0.388 e. The average Bonchev–Trinajstić information content (AvgIpc) is 2.79. The third kappa shape index (κ3) is 1.89. The third-order valence-electron chi connectivity index (χ3n) is 3.14. The number of ether oxygens (including phenoxy) is 1. The van der Waals surface area contributed by atoms with Gasteiger partial charge in [-0.25, -0.2) is 4.98 Å². The standard InChI is InChI=1S/C10H17N3O2/c1-15-10(5-3-2-4-6-10)9-11-8(7-14)12-13-9/h14H,2-7H2,1H3,(H,11,12,13). The zero-order valence-corrected chi connectivity index (χ0v) is 8.99. The molecule has 0 amide bonds. The largest absolute Gasteiger partial charge is 0.388 e. The number of aromatic nitrogens is 3. The highest BCUT2D eigenvalue weighted by atomic mass is 16.5. The molecular weight excluding hydrogens is 194 g/mol. The minimum atomic E-state index is -0.331. The molecule has 1 saturated carbocycles. The molecule has 0 aliphatic heterocycles. The van der Waals surface area contributed by atoms with Crippen molar-refractivity contribution >= 4 is 0 Å². The van der Waals surface area contributed by atoms with Gasteiger partial charge in [-0.3, -0.25) is 5.10 Å². The topological polar surface area (TPSA) is 71.0 Å². The van der Waals surface area contributed by atoms with Crippen LogP contribution in [0.3, 0.4) is 0 Å². The van der Waals surface area contributed by atoms with E-state index in [0.717, 1.165) is 25.7 Å². The highest BCUT2D eigenvalue weighted by Gasteiger charge is 2.37. The van der Waals surface area contributed by atoms with Crippen LogP contribution in [-0.4, -0.2) is 27.4 Å². The highest BCUT2D eigenvalue weighted by molar-refractivity contribution is 5.04. The Labute approximate surface area is 88.9 Å². The maximum atomic E-state index is 8.93. The molecule has 0 saturated heterocycles. The SMILES string of the molecule is COC1(c2n[nH]c(CO)n2)CCCCC1. The molecule has 1 aromatic rings. The Kier molecular flexibility index (Phi) is 3.02. The van der Waals surface area contributed by atoms with Crippen molar-refractivity contribution < 1.29 is 9.84 Å². The van der Waals surface area contributed by atoms with Crippen LogP contribution < -0.4 is 0 Å². The van der Waals surface area contributed by atoms with Gasteiger partial charge in [0.1, 0.15) is 18.0 Å². The number of aliphatic hydroxyl groups is 1. The van der Waals surface area contributed by atoms with Gasteiger partial charge in [0, 0.05) is 7.11 Å². The van der Waals surface area contributed by atoms with Gasteiger partial charge in [-0.2, -0.15) is 5.10 Å². The normalized spacial score (nSPS) is 20.4. The van der Waals surface area contributed by atoms with E-state index in [1.54, 1.807) is 7.11 Å². The van der Waals surface area contributed by atoms with Crippen molar-refractivity contribution in [1.82, 2.24) is 15.2 Å². The van der Waals surface area contributed by atoms with Gasteiger partial charge in [0.2, 0.25) is 0 Å². The van der Waals surface area contributed by atoms with Gasteiger partial charge in [-0.05, 0) is 12.8 Å². The maximum Gasteiger partial charge on any atom is 0.182 e. The van der Waals surface area contributed by atoms with Crippen LogP contribution in [0.1, 0.15) is 43.8 Å². The Bertz CT molecular complexity index is 318. The summed E-state index contributed by atoms with van der Waals surface area (Å²) in [7, 11) is 1.71. The summed E-state index contributed by atoms with van der Waals surface area (Å²) in [5.41, 5.74) is -0.331. The van der Waals surface area contributed by atoms with Crippen molar-refractivity contribution in [2.45, 2.75) is 44.3 Å². The molecule has 1 aliphatic rings. The van der Waals surface area contributed by atoms with E-state index in [1.807, 2.05) is 0 Å². The Balaban J connectivity index is 2.24. The van der Waals surface area contributed by atoms with Gasteiger partial charge in [0.15, 0.2) is 5.82 Å². The molecule has 15 heavy (non-hydrogen) atoms. The fourth-order valence-electron chi connectivity index (χ4n) is 2.21. The van der Waals surface area contributed by atoms with E-state index in [9.17, 15) is 0 Å². The van der Waals surface area contributed by atoms with Gasteiger partial charge in [0.25, 0.3) is 0 Å². The number of nitrogens with one attached hydrogen (secondary N) is 1. The molecule has 0 bridgehead atoms. The Hall–Kier alpha value is -0.940. The molecule has 5 heteroatoms. The first kappa shape index (κ1) is 10.6. The van der Waals surface area contributed by atoms with Crippen LogP contribution in [-0.2, 0) is 16.9 Å². The van der Waals surface area contributed by atoms with Crippen LogP contribution >= 0.6 is 0 Å². The van der Waals surface area contributed by atoms with Crippen molar-refractivity contribution in [2.75, 3.05) is 7.11 Å². The molecule has 5 nitrogen and oxygen atoms in total. The number of aliphatic hydroxyl groups excluding tert-OH is 1. The number of methoxy groups -OCH3 is 1. The van der Waals surface area contributed by atoms with Gasteiger partial charge < -0.3 is 9.84 Å². The fraction of sp³-hybridized carbons (Fsp3) is 0.800. The summed E-state index contributed by atoms with van der Waals surface area (Å²) in [5.74, 6) is 1.20. The molecule has 0 aromatic carbocycles. The summed E-state index contributed by atoms with van der Waals surface area (Å²) in [5, 5.41) is 15.8. The van der Waals surface area contributed by atoms with Crippen LogP contribution in [0.5, 0.6) is 0 Å². The van der Waals surface area contributed by atoms with Gasteiger partial charge in [-0.1, -0.05) is 19.3 Å². The molecule has 1 aromatic heterocycles. The van der Waals surface area contributed by atoms with Crippen LogP contribution in [0.4, 0.5) is 0 Å². The molecule has 1 aliphatic carbocycles. The molecule has 0 unspecified atom stereocenters. The minimum absolute atomic E-state index is 0.104. The summed E-state index contributed by atoms with van der Waals surface area (Å²) in [6.45, 7) is -0.104. The first-order chi connectivity index (χ1) is 7.30. The summed E-state index contributed by atoms with van der Waals surface area (Å²) in [6.07, 6.45) is 5.48. The van der Waals surface area contributed by atoms with Crippen LogP contribution in [0.2, 0.25) is 0 Å². The Morgan fingerprint density at radius 1 is 1.40 bits per heavy atom. The fourth-order valence-corrected chi connectivity index (χ4v) is 2.21. The predicted octanol–water partition coefficient (Wildman–Crippen LogP) is 1.10. The van der Waals surface area contributed by atoms with Crippen molar-refractivity contribution in [3.05, 3.63) is 11.6 Å². The number of aromatic amines is 1. The number of H-pyrrole nitrogens is 1. The smallest absolute Gasteiger partial charge is 0.182 e. The molecule has 1 heterocycles.